The van der Waals surface area contributed by atoms with Crippen LogP contribution in [0.25, 0.3) is 0 Å². The summed E-state index contributed by atoms with van der Waals surface area (Å²) >= 11 is 0. The number of guanidine groups is 1. The molecule has 1 aromatic rings. The van der Waals surface area contributed by atoms with Gasteiger partial charge in [0, 0.05) is 25.6 Å². The van der Waals surface area contributed by atoms with Crippen LogP contribution in [-0.2, 0) is 16.3 Å². The van der Waals surface area contributed by atoms with Gasteiger partial charge in [-0.3, -0.25) is 4.99 Å². The van der Waals surface area contributed by atoms with Crippen LogP contribution in [-0.4, -0.2) is 45.5 Å². The van der Waals surface area contributed by atoms with Gasteiger partial charge in [-0.2, -0.15) is 0 Å². The lowest BCUT2D eigenvalue weighted by atomic mass is 9.83. The Hall–Kier alpha value is -1.56. The number of aliphatic imine (C=N–C) groups is 1. The smallest absolute Gasteiger partial charge is 0.191 e. The summed E-state index contributed by atoms with van der Waals surface area (Å²) in [5.74, 6) is 1.68. The Morgan fingerprint density at radius 3 is 2.87 bits per heavy atom. The maximum atomic E-state index is 11.6. The van der Waals surface area contributed by atoms with Gasteiger partial charge in [0.2, 0.25) is 0 Å². The average molecular weight is 335 g/mol. The molecule has 6 heteroatoms. The molecule has 1 saturated heterocycles. The Bertz CT molecular complexity index is 685. The molecule has 0 aromatic heterocycles. The van der Waals surface area contributed by atoms with E-state index in [-0.39, 0.29) is 17.5 Å². The quantitative estimate of drug-likeness (QED) is 0.648. The molecule has 2 N–H and O–H groups in total. The predicted molar refractivity (Wildman–Crippen MR) is 93.7 cm³/mol. The van der Waals surface area contributed by atoms with Crippen molar-refractivity contribution < 1.29 is 8.42 Å². The van der Waals surface area contributed by atoms with Crippen LogP contribution >= 0.6 is 0 Å². The minimum Gasteiger partial charge on any atom is -0.356 e. The van der Waals surface area contributed by atoms with Crippen molar-refractivity contribution in [1.82, 2.24) is 10.6 Å². The molecule has 2 atom stereocenters. The van der Waals surface area contributed by atoms with E-state index in [0.29, 0.717) is 18.3 Å². The molecule has 1 fully saturated rings. The molecule has 0 amide bonds. The van der Waals surface area contributed by atoms with Crippen LogP contribution in [0.3, 0.4) is 0 Å². The Balaban J connectivity index is 1.57. The van der Waals surface area contributed by atoms with Crippen molar-refractivity contribution in [1.29, 1.82) is 0 Å². The van der Waals surface area contributed by atoms with Crippen LogP contribution in [0.2, 0.25) is 0 Å². The Morgan fingerprint density at radius 1 is 1.30 bits per heavy atom. The Kier molecular flexibility index (Phi) is 4.90. The number of hydrogen-bond acceptors (Lipinski definition) is 3. The topological polar surface area (TPSA) is 70.6 Å². The van der Waals surface area contributed by atoms with Gasteiger partial charge in [-0.1, -0.05) is 24.3 Å². The molecule has 126 valence electrons. The molecular weight excluding hydrogens is 310 g/mol. The van der Waals surface area contributed by atoms with E-state index in [1.54, 1.807) is 7.05 Å². The molecule has 0 saturated carbocycles. The summed E-state index contributed by atoms with van der Waals surface area (Å²) in [6.07, 6.45) is 4.23. The largest absolute Gasteiger partial charge is 0.356 e. The minimum atomic E-state index is -2.87. The van der Waals surface area contributed by atoms with Crippen LogP contribution in [0.5, 0.6) is 0 Å². The number of sulfone groups is 1. The van der Waals surface area contributed by atoms with Gasteiger partial charge in [-0.25, -0.2) is 8.42 Å². The lowest BCUT2D eigenvalue weighted by molar-refractivity contribution is 0.536. The molecule has 1 aliphatic heterocycles. The molecule has 0 spiro atoms. The molecule has 1 aromatic carbocycles. The van der Waals surface area contributed by atoms with Crippen molar-refractivity contribution in [2.75, 3.05) is 25.1 Å². The number of fused-ring (bicyclic) bond motifs is 1. The summed E-state index contributed by atoms with van der Waals surface area (Å²) in [4.78, 5) is 4.24. The fourth-order valence-electron chi connectivity index (χ4n) is 3.58. The van der Waals surface area contributed by atoms with Gasteiger partial charge >= 0.3 is 0 Å². The molecule has 0 radical (unpaired) electrons. The summed E-state index contributed by atoms with van der Waals surface area (Å²) in [5.41, 5.74) is 2.89. The highest BCUT2D eigenvalue weighted by molar-refractivity contribution is 7.91. The third-order valence-electron chi connectivity index (χ3n) is 4.81. The van der Waals surface area contributed by atoms with E-state index >= 15 is 0 Å². The fourth-order valence-corrected chi connectivity index (χ4v) is 5.26. The zero-order valence-electron chi connectivity index (χ0n) is 13.6. The van der Waals surface area contributed by atoms with Gasteiger partial charge in [0.15, 0.2) is 15.8 Å². The van der Waals surface area contributed by atoms with Crippen molar-refractivity contribution >= 4 is 15.8 Å². The van der Waals surface area contributed by atoms with Crippen LogP contribution in [0.15, 0.2) is 29.3 Å². The van der Waals surface area contributed by atoms with E-state index in [4.69, 9.17) is 0 Å². The normalized spacial score (nSPS) is 26.6. The number of benzene rings is 1. The molecule has 0 bridgehead atoms. The third-order valence-corrected chi connectivity index (χ3v) is 6.57. The summed E-state index contributed by atoms with van der Waals surface area (Å²) in [6, 6.07) is 8.63. The second-order valence-electron chi connectivity index (χ2n) is 6.49. The molecule has 2 unspecified atom stereocenters. The van der Waals surface area contributed by atoms with Crippen molar-refractivity contribution in [2.45, 2.75) is 37.6 Å². The standard InChI is InChI=1S/C17H25N3O2S/c1-18-17(20-15-9-10-23(21,22)12-15)19-11-14-7-4-6-13-5-2-3-8-16(13)14/h2-3,5,8,14-15H,4,6-7,9-12H2,1H3,(H2,18,19,20). The highest BCUT2D eigenvalue weighted by atomic mass is 32.2. The molecule has 1 aliphatic carbocycles. The second kappa shape index (κ2) is 6.91. The predicted octanol–water partition coefficient (Wildman–Crippen LogP) is 1.46. The zero-order valence-corrected chi connectivity index (χ0v) is 14.4. The van der Waals surface area contributed by atoms with E-state index in [0.717, 1.165) is 6.54 Å². The van der Waals surface area contributed by atoms with Crippen LogP contribution in [0, 0.1) is 0 Å². The molecule has 1 heterocycles. The van der Waals surface area contributed by atoms with E-state index in [1.165, 1.54) is 30.4 Å². The fraction of sp³-hybridized carbons (Fsp3) is 0.588. The van der Waals surface area contributed by atoms with Gasteiger partial charge in [0.25, 0.3) is 0 Å². The van der Waals surface area contributed by atoms with Crippen LogP contribution in [0.4, 0.5) is 0 Å². The summed E-state index contributed by atoms with van der Waals surface area (Å²) in [7, 11) is -1.14. The van der Waals surface area contributed by atoms with E-state index < -0.39 is 9.84 Å². The molecule has 5 nitrogen and oxygen atoms in total. The third kappa shape index (κ3) is 4.05. The maximum absolute atomic E-state index is 11.6. The molecular formula is C17H25N3O2S. The van der Waals surface area contributed by atoms with Gasteiger partial charge in [-0.15, -0.1) is 0 Å². The molecule has 2 aliphatic rings. The summed E-state index contributed by atoms with van der Waals surface area (Å²) in [6.45, 7) is 0.830. The van der Waals surface area contributed by atoms with E-state index in [2.05, 4.69) is 39.9 Å². The first-order valence-electron chi connectivity index (χ1n) is 8.33. The van der Waals surface area contributed by atoms with Crippen LogP contribution in [0.1, 0.15) is 36.3 Å². The summed E-state index contributed by atoms with van der Waals surface area (Å²) < 4.78 is 23.1. The first-order chi connectivity index (χ1) is 11.1. The SMILES string of the molecule is CN=C(NCC1CCCc2ccccc21)NC1CCS(=O)(=O)C1. The minimum absolute atomic E-state index is 0.0233. The summed E-state index contributed by atoms with van der Waals surface area (Å²) in [5, 5.41) is 6.62. The monoisotopic (exact) mass is 335 g/mol. The van der Waals surface area contributed by atoms with Gasteiger partial charge in [-0.05, 0) is 36.8 Å². The molecule has 3 rings (SSSR count). The van der Waals surface area contributed by atoms with E-state index in [1.807, 2.05) is 0 Å². The number of aryl methyl sites for hydroxylation is 1. The first kappa shape index (κ1) is 16.3. The van der Waals surface area contributed by atoms with Crippen molar-refractivity contribution in [3.05, 3.63) is 35.4 Å². The van der Waals surface area contributed by atoms with Crippen molar-refractivity contribution in [2.24, 2.45) is 4.99 Å². The van der Waals surface area contributed by atoms with Crippen molar-refractivity contribution in [3.63, 3.8) is 0 Å². The highest BCUT2D eigenvalue weighted by Crippen LogP contribution is 2.30. The average Bonchev–Trinajstić information content (AvgIpc) is 2.90. The Labute approximate surface area is 138 Å². The van der Waals surface area contributed by atoms with Crippen molar-refractivity contribution in [3.8, 4) is 0 Å². The number of rotatable bonds is 3. The maximum Gasteiger partial charge on any atom is 0.191 e. The van der Waals surface area contributed by atoms with Gasteiger partial charge in [0.1, 0.15) is 0 Å². The zero-order chi connectivity index (χ0) is 16.3. The lowest BCUT2D eigenvalue weighted by Crippen LogP contribution is -2.45. The number of nitrogens with zero attached hydrogens (tertiary/aromatic N) is 1. The Morgan fingerprint density at radius 2 is 2.13 bits per heavy atom. The number of hydrogen-bond donors (Lipinski definition) is 2. The van der Waals surface area contributed by atoms with Gasteiger partial charge < -0.3 is 10.6 Å². The van der Waals surface area contributed by atoms with Crippen LogP contribution < -0.4 is 10.6 Å². The van der Waals surface area contributed by atoms with E-state index in [9.17, 15) is 8.42 Å². The van der Waals surface area contributed by atoms with Gasteiger partial charge in [0.05, 0.1) is 11.5 Å². The first-order valence-corrected chi connectivity index (χ1v) is 10.1. The second-order valence-corrected chi connectivity index (χ2v) is 8.71. The molecule has 23 heavy (non-hydrogen) atoms. The number of nitrogens with one attached hydrogen (secondary N) is 2. The highest BCUT2D eigenvalue weighted by Gasteiger charge is 2.28. The lowest BCUT2D eigenvalue weighted by Gasteiger charge is -2.26.